The minimum absolute atomic E-state index is 0.120. The standard InChI is InChI=1S/C8H10F3NO2/c1-6-2-3-13-7(6)4-12-14-5-8(9,10)11/h2-3,12H,4-5H2,1H3. The summed E-state index contributed by atoms with van der Waals surface area (Å²) in [5.41, 5.74) is 3.04. The molecule has 0 aliphatic heterocycles. The van der Waals surface area contributed by atoms with Gasteiger partial charge in [0, 0.05) is 0 Å². The molecule has 1 aromatic heterocycles. The van der Waals surface area contributed by atoms with Crippen LogP contribution in [0.25, 0.3) is 0 Å². The van der Waals surface area contributed by atoms with Crippen molar-refractivity contribution in [2.45, 2.75) is 19.6 Å². The van der Waals surface area contributed by atoms with Crippen LogP contribution in [-0.2, 0) is 11.4 Å². The molecule has 80 valence electrons. The molecule has 0 spiro atoms. The Bertz CT molecular complexity index is 282. The van der Waals surface area contributed by atoms with Gasteiger partial charge in [-0.1, -0.05) is 0 Å². The average molecular weight is 209 g/mol. The van der Waals surface area contributed by atoms with Gasteiger partial charge in [-0.2, -0.15) is 18.7 Å². The Balaban J connectivity index is 2.20. The topological polar surface area (TPSA) is 34.4 Å². The molecule has 14 heavy (non-hydrogen) atoms. The lowest BCUT2D eigenvalue weighted by atomic mass is 10.3. The zero-order valence-electron chi connectivity index (χ0n) is 7.52. The maximum Gasteiger partial charge on any atom is 0.413 e. The predicted octanol–water partition coefficient (Wildman–Crippen LogP) is 2.17. The SMILES string of the molecule is Cc1ccoc1CNOCC(F)(F)F. The number of hydroxylamine groups is 1. The number of rotatable bonds is 4. The van der Waals surface area contributed by atoms with Crippen molar-refractivity contribution in [3.63, 3.8) is 0 Å². The maximum atomic E-state index is 11.6. The van der Waals surface area contributed by atoms with Crippen molar-refractivity contribution >= 4 is 0 Å². The largest absolute Gasteiger partial charge is 0.468 e. The van der Waals surface area contributed by atoms with E-state index in [9.17, 15) is 13.2 Å². The van der Waals surface area contributed by atoms with Crippen LogP contribution in [0.2, 0.25) is 0 Å². The molecule has 0 atom stereocenters. The summed E-state index contributed by atoms with van der Waals surface area (Å²) in [5, 5.41) is 0. The number of hydrogen-bond donors (Lipinski definition) is 1. The summed E-state index contributed by atoms with van der Waals surface area (Å²) in [4.78, 5) is 4.19. The highest BCUT2D eigenvalue weighted by molar-refractivity contribution is 5.13. The molecule has 1 heterocycles. The first-order chi connectivity index (χ1) is 6.49. The molecule has 0 amide bonds. The van der Waals surface area contributed by atoms with Crippen molar-refractivity contribution in [3.05, 3.63) is 23.7 Å². The van der Waals surface area contributed by atoms with Crippen molar-refractivity contribution in [2.24, 2.45) is 0 Å². The summed E-state index contributed by atoms with van der Waals surface area (Å²) in [6, 6.07) is 1.72. The number of hydrogen-bond acceptors (Lipinski definition) is 3. The average Bonchev–Trinajstić information content (AvgIpc) is 2.44. The number of furan rings is 1. The highest BCUT2D eigenvalue weighted by Crippen LogP contribution is 2.14. The van der Waals surface area contributed by atoms with Crippen LogP contribution in [-0.4, -0.2) is 12.8 Å². The molecule has 0 bridgehead atoms. The van der Waals surface area contributed by atoms with Crippen molar-refractivity contribution in [1.82, 2.24) is 5.48 Å². The Morgan fingerprint density at radius 2 is 2.21 bits per heavy atom. The molecule has 0 radical (unpaired) electrons. The molecule has 1 N–H and O–H groups in total. The lowest BCUT2D eigenvalue weighted by Gasteiger charge is -2.07. The van der Waals surface area contributed by atoms with Crippen LogP contribution in [0, 0.1) is 6.92 Å². The highest BCUT2D eigenvalue weighted by atomic mass is 19.4. The van der Waals surface area contributed by atoms with Gasteiger partial charge in [0.1, 0.15) is 5.76 Å². The van der Waals surface area contributed by atoms with Gasteiger partial charge < -0.3 is 4.42 Å². The Morgan fingerprint density at radius 3 is 2.71 bits per heavy atom. The zero-order chi connectivity index (χ0) is 10.6. The van der Waals surface area contributed by atoms with E-state index in [-0.39, 0.29) is 6.54 Å². The first-order valence-corrected chi connectivity index (χ1v) is 3.93. The van der Waals surface area contributed by atoms with Crippen LogP contribution in [0.3, 0.4) is 0 Å². The summed E-state index contributed by atoms with van der Waals surface area (Å²) < 4.78 is 39.8. The van der Waals surface area contributed by atoms with Gasteiger partial charge in [-0.3, -0.25) is 4.84 Å². The van der Waals surface area contributed by atoms with Gasteiger partial charge in [-0.25, -0.2) is 0 Å². The van der Waals surface area contributed by atoms with Gasteiger partial charge in [0.25, 0.3) is 0 Å². The molecule has 0 aromatic carbocycles. The number of alkyl halides is 3. The summed E-state index contributed by atoms with van der Waals surface area (Å²) >= 11 is 0. The molecular formula is C8H10F3NO2. The summed E-state index contributed by atoms with van der Waals surface area (Å²) in [6.07, 6.45) is -2.85. The fourth-order valence-corrected chi connectivity index (χ4v) is 0.835. The molecular weight excluding hydrogens is 199 g/mol. The van der Waals surface area contributed by atoms with Gasteiger partial charge >= 0.3 is 6.18 Å². The van der Waals surface area contributed by atoms with Crippen molar-refractivity contribution in [1.29, 1.82) is 0 Å². The fourth-order valence-electron chi connectivity index (χ4n) is 0.835. The van der Waals surface area contributed by atoms with E-state index in [1.807, 2.05) is 0 Å². The fraction of sp³-hybridized carbons (Fsp3) is 0.500. The third kappa shape index (κ3) is 3.80. The monoisotopic (exact) mass is 209 g/mol. The quantitative estimate of drug-likeness (QED) is 0.609. The van der Waals surface area contributed by atoms with Crippen LogP contribution in [0.1, 0.15) is 11.3 Å². The van der Waals surface area contributed by atoms with E-state index in [0.29, 0.717) is 5.76 Å². The molecule has 1 aromatic rings. The molecule has 1 rings (SSSR count). The molecule has 0 saturated carbocycles. The second-order valence-corrected chi connectivity index (χ2v) is 2.75. The Labute approximate surface area is 78.8 Å². The minimum atomic E-state index is -4.31. The Hall–Kier alpha value is -1.01. The van der Waals surface area contributed by atoms with Crippen molar-refractivity contribution in [2.75, 3.05) is 6.61 Å². The number of nitrogens with one attached hydrogen (secondary N) is 1. The first-order valence-electron chi connectivity index (χ1n) is 3.93. The van der Waals surface area contributed by atoms with Crippen LogP contribution in [0.15, 0.2) is 16.7 Å². The van der Waals surface area contributed by atoms with Crippen LogP contribution >= 0.6 is 0 Å². The van der Waals surface area contributed by atoms with E-state index in [4.69, 9.17) is 4.42 Å². The third-order valence-electron chi connectivity index (χ3n) is 1.54. The lowest BCUT2D eigenvalue weighted by molar-refractivity contribution is -0.190. The second-order valence-electron chi connectivity index (χ2n) is 2.75. The first kappa shape index (κ1) is 11.1. The van der Waals surface area contributed by atoms with E-state index < -0.39 is 12.8 Å². The highest BCUT2D eigenvalue weighted by Gasteiger charge is 2.27. The Kier molecular flexibility index (Phi) is 3.54. The van der Waals surface area contributed by atoms with Gasteiger partial charge in [-0.15, -0.1) is 0 Å². The summed E-state index contributed by atoms with van der Waals surface area (Å²) in [5.74, 6) is 0.562. The maximum absolute atomic E-state index is 11.6. The predicted molar refractivity (Wildman–Crippen MR) is 42.3 cm³/mol. The van der Waals surface area contributed by atoms with E-state index in [1.165, 1.54) is 6.26 Å². The Morgan fingerprint density at radius 1 is 1.50 bits per heavy atom. The molecule has 0 saturated heterocycles. The molecule has 0 unspecified atom stereocenters. The second kappa shape index (κ2) is 4.47. The van der Waals surface area contributed by atoms with Crippen molar-refractivity contribution in [3.8, 4) is 0 Å². The molecule has 3 nitrogen and oxygen atoms in total. The molecule has 0 aliphatic rings. The number of halogens is 3. The molecule has 0 aliphatic carbocycles. The minimum Gasteiger partial charge on any atom is -0.468 e. The van der Waals surface area contributed by atoms with Crippen molar-refractivity contribution < 1.29 is 22.4 Å². The molecule has 6 heteroatoms. The zero-order valence-corrected chi connectivity index (χ0v) is 7.52. The van der Waals surface area contributed by atoms with E-state index >= 15 is 0 Å². The number of aryl methyl sites for hydroxylation is 1. The van der Waals surface area contributed by atoms with E-state index in [0.717, 1.165) is 5.56 Å². The van der Waals surface area contributed by atoms with Gasteiger partial charge in [0.2, 0.25) is 0 Å². The molecule has 0 fully saturated rings. The van der Waals surface area contributed by atoms with E-state index in [1.54, 1.807) is 13.0 Å². The van der Waals surface area contributed by atoms with Gasteiger partial charge in [0.15, 0.2) is 6.61 Å². The normalized spacial score (nSPS) is 12.0. The van der Waals surface area contributed by atoms with Gasteiger partial charge in [0.05, 0.1) is 12.8 Å². The smallest absolute Gasteiger partial charge is 0.413 e. The van der Waals surface area contributed by atoms with Gasteiger partial charge in [-0.05, 0) is 18.6 Å². The van der Waals surface area contributed by atoms with Crippen LogP contribution < -0.4 is 5.48 Å². The van der Waals surface area contributed by atoms with Crippen LogP contribution in [0.5, 0.6) is 0 Å². The van der Waals surface area contributed by atoms with Crippen LogP contribution in [0.4, 0.5) is 13.2 Å². The lowest BCUT2D eigenvalue weighted by Crippen LogP contribution is -2.24. The summed E-state index contributed by atoms with van der Waals surface area (Å²) in [6.45, 7) is 0.603. The van der Waals surface area contributed by atoms with E-state index in [2.05, 4.69) is 10.3 Å². The third-order valence-corrected chi connectivity index (χ3v) is 1.54. The summed E-state index contributed by atoms with van der Waals surface area (Å²) in [7, 11) is 0.